The molecular formula is C16H20N2O2S2. The number of thioether (sulfide) groups is 1. The maximum absolute atomic E-state index is 12.2. The van der Waals surface area contributed by atoms with Crippen molar-refractivity contribution in [3.05, 3.63) is 40.9 Å². The number of aliphatic hydroxyl groups is 1. The molecule has 0 saturated heterocycles. The second-order valence-corrected chi connectivity index (χ2v) is 6.97. The quantitative estimate of drug-likeness (QED) is 0.728. The third-order valence-corrected chi connectivity index (χ3v) is 5.28. The van der Waals surface area contributed by atoms with Gasteiger partial charge in [-0.15, -0.1) is 11.3 Å². The lowest BCUT2D eigenvalue weighted by Crippen LogP contribution is -2.25. The number of carbonyl (C=O) groups excluding carboxylic acids is 1. The maximum atomic E-state index is 12.2. The smallest absolute Gasteiger partial charge is 0.263 e. The third-order valence-electron chi connectivity index (χ3n) is 3.00. The number of nitrogens with one attached hydrogen (secondary N) is 1. The van der Waals surface area contributed by atoms with Gasteiger partial charge in [-0.05, 0) is 19.1 Å². The molecule has 0 saturated carbocycles. The van der Waals surface area contributed by atoms with Crippen molar-refractivity contribution in [2.24, 2.45) is 0 Å². The van der Waals surface area contributed by atoms with E-state index in [0.717, 1.165) is 34.2 Å². The highest BCUT2D eigenvalue weighted by molar-refractivity contribution is 7.99. The molecule has 1 amide bonds. The molecule has 0 spiro atoms. The lowest BCUT2D eigenvalue weighted by molar-refractivity contribution is 0.0959. The molecule has 0 aliphatic heterocycles. The van der Waals surface area contributed by atoms with Gasteiger partial charge in [0.2, 0.25) is 0 Å². The molecule has 22 heavy (non-hydrogen) atoms. The molecule has 6 heteroatoms. The first kappa shape index (κ1) is 17.0. The highest BCUT2D eigenvalue weighted by atomic mass is 32.2. The predicted octanol–water partition coefficient (Wildman–Crippen LogP) is 2.96. The molecule has 1 heterocycles. The number of aliphatic hydroxyl groups excluding tert-OH is 1. The molecule has 0 aliphatic carbocycles. The Labute approximate surface area is 139 Å². The van der Waals surface area contributed by atoms with Crippen molar-refractivity contribution in [1.82, 2.24) is 10.3 Å². The van der Waals surface area contributed by atoms with Gasteiger partial charge in [-0.25, -0.2) is 4.98 Å². The number of aromatic nitrogens is 1. The van der Waals surface area contributed by atoms with E-state index in [1.54, 1.807) is 11.8 Å². The van der Waals surface area contributed by atoms with E-state index in [-0.39, 0.29) is 12.5 Å². The van der Waals surface area contributed by atoms with Gasteiger partial charge in [-0.2, -0.15) is 11.8 Å². The Kier molecular flexibility index (Phi) is 6.89. The van der Waals surface area contributed by atoms with Gasteiger partial charge >= 0.3 is 0 Å². The summed E-state index contributed by atoms with van der Waals surface area (Å²) in [5, 5.41) is 12.5. The SMILES string of the molecule is Cc1nc(-c2ccccc2)sc1C(=O)NCCSCCCO. The van der Waals surface area contributed by atoms with Gasteiger partial charge in [0, 0.05) is 24.5 Å². The highest BCUT2D eigenvalue weighted by Crippen LogP contribution is 2.27. The fourth-order valence-electron chi connectivity index (χ4n) is 1.90. The number of hydrogen-bond donors (Lipinski definition) is 2. The van der Waals surface area contributed by atoms with E-state index in [1.807, 2.05) is 37.3 Å². The van der Waals surface area contributed by atoms with Crippen LogP contribution in [0.4, 0.5) is 0 Å². The number of carbonyl (C=O) groups is 1. The number of thiazole rings is 1. The first-order valence-electron chi connectivity index (χ1n) is 7.22. The Morgan fingerprint density at radius 1 is 1.32 bits per heavy atom. The molecule has 1 aromatic heterocycles. The van der Waals surface area contributed by atoms with Gasteiger partial charge in [0.15, 0.2) is 0 Å². The molecule has 2 aromatic rings. The third kappa shape index (κ3) is 4.83. The Morgan fingerprint density at radius 3 is 2.82 bits per heavy atom. The van der Waals surface area contributed by atoms with E-state index < -0.39 is 0 Å². The zero-order valence-corrected chi connectivity index (χ0v) is 14.2. The second kappa shape index (κ2) is 8.92. The van der Waals surface area contributed by atoms with Crippen molar-refractivity contribution in [2.75, 3.05) is 24.7 Å². The summed E-state index contributed by atoms with van der Waals surface area (Å²) in [6.45, 7) is 2.72. The van der Waals surface area contributed by atoms with Crippen LogP contribution in [0.2, 0.25) is 0 Å². The highest BCUT2D eigenvalue weighted by Gasteiger charge is 2.15. The van der Waals surface area contributed by atoms with Crippen LogP contribution in [0.5, 0.6) is 0 Å². The van der Waals surface area contributed by atoms with Crippen LogP contribution in [0.1, 0.15) is 21.8 Å². The number of rotatable bonds is 8. The summed E-state index contributed by atoms with van der Waals surface area (Å²) in [7, 11) is 0. The maximum Gasteiger partial charge on any atom is 0.263 e. The van der Waals surface area contributed by atoms with Crippen LogP contribution in [0.25, 0.3) is 10.6 Å². The van der Waals surface area contributed by atoms with Gasteiger partial charge in [0.25, 0.3) is 5.91 Å². The van der Waals surface area contributed by atoms with Crippen molar-refractivity contribution < 1.29 is 9.90 Å². The van der Waals surface area contributed by atoms with Gasteiger partial charge in [0.05, 0.1) is 5.69 Å². The van der Waals surface area contributed by atoms with Crippen molar-refractivity contribution in [3.8, 4) is 10.6 Å². The zero-order chi connectivity index (χ0) is 15.8. The lowest BCUT2D eigenvalue weighted by Gasteiger charge is -2.03. The first-order chi connectivity index (χ1) is 10.7. The molecule has 4 nitrogen and oxygen atoms in total. The van der Waals surface area contributed by atoms with Gasteiger partial charge in [0.1, 0.15) is 9.88 Å². The van der Waals surface area contributed by atoms with Crippen molar-refractivity contribution in [2.45, 2.75) is 13.3 Å². The van der Waals surface area contributed by atoms with Crippen LogP contribution >= 0.6 is 23.1 Å². The molecule has 0 unspecified atom stereocenters. The number of nitrogens with zero attached hydrogens (tertiary/aromatic N) is 1. The van der Waals surface area contributed by atoms with E-state index in [1.165, 1.54) is 11.3 Å². The minimum absolute atomic E-state index is 0.0556. The summed E-state index contributed by atoms with van der Waals surface area (Å²) < 4.78 is 0. The average Bonchev–Trinajstić information content (AvgIpc) is 2.93. The monoisotopic (exact) mass is 336 g/mol. The Hall–Kier alpha value is -1.37. The average molecular weight is 336 g/mol. The Balaban J connectivity index is 1.89. The standard InChI is InChI=1S/C16H20N2O2S2/c1-12-14(15(20)17-8-11-21-10-5-9-19)22-16(18-12)13-6-3-2-4-7-13/h2-4,6-7,19H,5,8-11H2,1H3,(H,17,20). The van der Waals surface area contributed by atoms with Crippen molar-refractivity contribution in [1.29, 1.82) is 0 Å². The van der Waals surface area contributed by atoms with E-state index >= 15 is 0 Å². The van der Waals surface area contributed by atoms with Crippen LogP contribution in [0, 0.1) is 6.92 Å². The number of amides is 1. The molecule has 0 bridgehead atoms. The van der Waals surface area contributed by atoms with E-state index in [0.29, 0.717) is 11.4 Å². The molecule has 1 aromatic carbocycles. The number of aryl methyl sites for hydroxylation is 1. The molecule has 0 aliphatic rings. The van der Waals surface area contributed by atoms with Crippen LogP contribution in [0.3, 0.4) is 0 Å². The fraction of sp³-hybridized carbons (Fsp3) is 0.375. The van der Waals surface area contributed by atoms with Crippen LogP contribution < -0.4 is 5.32 Å². The molecule has 118 valence electrons. The van der Waals surface area contributed by atoms with Crippen molar-refractivity contribution >= 4 is 29.0 Å². The first-order valence-corrected chi connectivity index (χ1v) is 9.19. The lowest BCUT2D eigenvalue weighted by atomic mass is 10.2. The molecule has 0 atom stereocenters. The zero-order valence-electron chi connectivity index (χ0n) is 12.5. The predicted molar refractivity (Wildman–Crippen MR) is 93.6 cm³/mol. The summed E-state index contributed by atoms with van der Waals surface area (Å²) in [6, 6.07) is 9.90. The summed E-state index contributed by atoms with van der Waals surface area (Å²) in [5.74, 6) is 1.72. The van der Waals surface area contributed by atoms with E-state index in [4.69, 9.17) is 5.11 Å². The minimum atomic E-state index is -0.0556. The second-order valence-electron chi connectivity index (χ2n) is 4.75. The van der Waals surface area contributed by atoms with E-state index in [2.05, 4.69) is 10.3 Å². The molecule has 0 radical (unpaired) electrons. The van der Waals surface area contributed by atoms with Crippen LogP contribution in [0.15, 0.2) is 30.3 Å². The van der Waals surface area contributed by atoms with Gasteiger partial charge in [-0.1, -0.05) is 30.3 Å². The summed E-state index contributed by atoms with van der Waals surface area (Å²) in [4.78, 5) is 17.4. The normalized spacial score (nSPS) is 10.6. The molecule has 2 rings (SSSR count). The minimum Gasteiger partial charge on any atom is -0.396 e. The van der Waals surface area contributed by atoms with Crippen LogP contribution in [-0.4, -0.2) is 40.7 Å². The fourth-order valence-corrected chi connectivity index (χ4v) is 3.67. The van der Waals surface area contributed by atoms with Crippen molar-refractivity contribution in [3.63, 3.8) is 0 Å². The molecule has 2 N–H and O–H groups in total. The van der Waals surface area contributed by atoms with E-state index in [9.17, 15) is 4.79 Å². The summed E-state index contributed by atoms with van der Waals surface area (Å²) in [5.41, 5.74) is 1.81. The Bertz CT molecular complexity index is 599. The summed E-state index contributed by atoms with van der Waals surface area (Å²) >= 11 is 3.16. The largest absolute Gasteiger partial charge is 0.396 e. The summed E-state index contributed by atoms with van der Waals surface area (Å²) in [6.07, 6.45) is 0.799. The Morgan fingerprint density at radius 2 is 2.09 bits per heavy atom. The topological polar surface area (TPSA) is 62.2 Å². The molecular weight excluding hydrogens is 316 g/mol. The number of benzene rings is 1. The van der Waals surface area contributed by atoms with Gasteiger partial charge < -0.3 is 10.4 Å². The molecule has 0 fully saturated rings. The van der Waals surface area contributed by atoms with Gasteiger partial charge in [-0.3, -0.25) is 4.79 Å². The van der Waals surface area contributed by atoms with Crippen LogP contribution in [-0.2, 0) is 0 Å². The number of hydrogen-bond acceptors (Lipinski definition) is 5.